The first kappa shape index (κ1) is 13.8. The highest BCUT2D eigenvalue weighted by Gasteiger charge is 2.18. The number of carbonyl (C=O) groups is 2. The molecule has 8 heteroatoms. The zero-order chi connectivity index (χ0) is 15.0. The third-order valence-electron chi connectivity index (χ3n) is 2.94. The van der Waals surface area contributed by atoms with Crippen LogP contribution in [-0.4, -0.2) is 22.0 Å². The van der Waals surface area contributed by atoms with Gasteiger partial charge in [-0.2, -0.15) is 4.98 Å². The van der Waals surface area contributed by atoms with Crippen LogP contribution >= 0.6 is 22.9 Å². The summed E-state index contributed by atoms with van der Waals surface area (Å²) >= 11 is 6.59. The van der Waals surface area contributed by atoms with Crippen LogP contribution in [0.3, 0.4) is 0 Å². The van der Waals surface area contributed by atoms with E-state index in [4.69, 9.17) is 21.4 Å². The van der Waals surface area contributed by atoms with Gasteiger partial charge in [0.05, 0.1) is 0 Å². The minimum Gasteiger partial charge on any atom is -0.477 e. The summed E-state index contributed by atoms with van der Waals surface area (Å²) in [4.78, 5) is 26.0. The van der Waals surface area contributed by atoms with Crippen molar-refractivity contribution in [1.82, 2.24) is 4.98 Å². The molecule has 0 fully saturated rings. The molecule has 3 rings (SSSR count). The number of halogens is 1. The molecule has 21 heavy (non-hydrogen) atoms. The summed E-state index contributed by atoms with van der Waals surface area (Å²) in [6.45, 7) is 0. The van der Waals surface area contributed by atoms with E-state index < -0.39 is 5.97 Å². The van der Waals surface area contributed by atoms with Crippen LogP contribution in [0.2, 0.25) is 5.15 Å². The van der Waals surface area contributed by atoms with Gasteiger partial charge in [-0.1, -0.05) is 22.9 Å². The lowest BCUT2D eigenvalue weighted by molar-refractivity contribution is -0.116. The molecule has 1 aliphatic rings. The number of nitrogens with one attached hydrogen (secondary N) is 1. The van der Waals surface area contributed by atoms with E-state index >= 15 is 0 Å². The second-order valence-corrected chi connectivity index (χ2v) is 5.69. The Balaban J connectivity index is 1.84. The Hall–Kier alpha value is -2.12. The molecule has 0 spiro atoms. The molecule has 1 aliphatic heterocycles. The number of aromatic nitrogens is 1. The van der Waals surface area contributed by atoms with Gasteiger partial charge in [-0.3, -0.25) is 4.79 Å². The fourth-order valence-corrected chi connectivity index (χ4v) is 2.97. The SMILES string of the molecule is O=C1CCc2cc(Oc3nc(Cl)c(C(=O)O)s3)ccc2N1. The minimum atomic E-state index is -1.14. The molecule has 0 aliphatic carbocycles. The van der Waals surface area contributed by atoms with Gasteiger partial charge in [0.15, 0.2) is 10.0 Å². The number of rotatable bonds is 3. The number of amides is 1. The Labute approximate surface area is 128 Å². The van der Waals surface area contributed by atoms with Gasteiger partial charge >= 0.3 is 5.97 Å². The van der Waals surface area contributed by atoms with Crippen molar-refractivity contribution >= 4 is 40.5 Å². The van der Waals surface area contributed by atoms with Crippen LogP contribution in [0.25, 0.3) is 0 Å². The van der Waals surface area contributed by atoms with Crippen LogP contribution in [0.1, 0.15) is 21.7 Å². The van der Waals surface area contributed by atoms with Crippen molar-refractivity contribution in [3.8, 4) is 10.9 Å². The van der Waals surface area contributed by atoms with Crippen LogP contribution in [0, 0.1) is 0 Å². The number of anilines is 1. The maximum atomic E-state index is 11.3. The quantitative estimate of drug-likeness (QED) is 0.905. The lowest BCUT2D eigenvalue weighted by atomic mass is 10.0. The van der Waals surface area contributed by atoms with Gasteiger partial charge in [0.25, 0.3) is 5.19 Å². The van der Waals surface area contributed by atoms with E-state index in [1.165, 1.54) is 0 Å². The maximum absolute atomic E-state index is 11.3. The van der Waals surface area contributed by atoms with Gasteiger partial charge in [0, 0.05) is 12.1 Å². The van der Waals surface area contributed by atoms with Crippen molar-refractivity contribution in [3.63, 3.8) is 0 Å². The Morgan fingerprint density at radius 2 is 2.24 bits per heavy atom. The third-order valence-corrected chi connectivity index (χ3v) is 4.24. The number of benzene rings is 1. The van der Waals surface area contributed by atoms with Crippen LogP contribution in [0.4, 0.5) is 5.69 Å². The first-order chi connectivity index (χ1) is 10.0. The number of fused-ring (bicyclic) bond motifs is 1. The normalized spacial score (nSPS) is 13.5. The van der Waals surface area contributed by atoms with Gasteiger partial charge in [-0.15, -0.1) is 0 Å². The van der Waals surface area contributed by atoms with Crippen LogP contribution in [-0.2, 0) is 11.2 Å². The first-order valence-electron chi connectivity index (χ1n) is 6.03. The van der Waals surface area contributed by atoms with E-state index in [2.05, 4.69) is 10.3 Å². The monoisotopic (exact) mass is 324 g/mol. The average molecular weight is 325 g/mol. The summed E-state index contributed by atoms with van der Waals surface area (Å²) in [7, 11) is 0. The molecule has 1 aromatic heterocycles. The fraction of sp³-hybridized carbons (Fsp3) is 0.154. The molecule has 0 unspecified atom stereocenters. The molecule has 1 amide bonds. The highest BCUT2D eigenvalue weighted by atomic mass is 35.5. The first-order valence-corrected chi connectivity index (χ1v) is 7.22. The molecule has 2 N–H and O–H groups in total. The Morgan fingerprint density at radius 3 is 2.95 bits per heavy atom. The average Bonchev–Trinajstić information content (AvgIpc) is 2.80. The third kappa shape index (κ3) is 2.84. The molecule has 0 bridgehead atoms. The zero-order valence-electron chi connectivity index (χ0n) is 10.6. The number of thiazole rings is 1. The topological polar surface area (TPSA) is 88.5 Å². The van der Waals surface area contributed by atoms with Gasteiger partial charge in [0.1, 0.15) is 5.75 Å². The van der Waals surface area contributed by atoms with Crippen molar-refractivity contribution in [2.45, 2.75) is 12.8 Å². The lowest BCUT2D eigenvalue weighted by Gasteiger charge is -2.17. The minimum absolute atomic E-state index is 0.00558. The Morgan fingerprint density at radius 1 is 1.43 bits per heavy atom. The highest BCUT2D eigenvalue weighted by molar-refractivity contribution is 7.15. The molecule has 2 heterocycles. The summed E-state index contributed by atoms with van der Waals surface area (Å²) in [6.07, 6.45) is 1.07. The lowest BCUT2D eigenvalue weighted by Crippen LogP contribution is -2.18. The number of carbonyl (C=O) groups excluding carboxylic acids is 1. The predicted molar refractivity (Wildman–Crippen MR) is 77.6 cm³/mol. The molecular weight excluding hydrogens is 316 g/mol. The number of nitrogens with zero attached hydrogens (tertiary/aromatic N) is 1. The molecule has 0 saturated heterocycles. The number of carboxylic acid groups (broad SMARTS) is 1. The van der Waals surface area contributed by atoms with Gasteiger partial charge in [-0.25, -0.2) is 4.79 Å². The summed E-state index contributed by atoms with van der Waals surface area (Å²) in [6, 6.07) is 5.22. The summed E-state index contributed by atoms with van der Waals surface area (Å²) in [5.74, 6) is -0.623. The van der Waals surface area contributed by atoms with E-state index in [1.807, 2.05) is 0 Å². The number of hydrogen-bond donors (Lipinski definition) is 2. The van der Waals surface area contributed by atoms with Crippen molar-refractivity contribution < 1.29 is 19.4 Å². The van der Waals surface area contributed by atoms with E-state index in [-0.39, 0.29) is 21.1 Å². The summed E-state index contributed by atoms with van der Waals surface area (Å²) in [5.41, 5.74) is 1.73. The van der Waals surface area contributed by atoms with Crippen molar-refractivity contribution in [1.29, 1.82) is 0 Å². The predicted octanol–water partition coefficient (Wildman–Crippen LogP) is 3.17. The van der Waals surface area contributed by atoms with Crippen LogP contribution < -0.4 is 10.1 Å². The number of aryl methyl sites for hydroxylation is 1. The molecular formula is C13H9ClN2O4S. The number of hydrogen-bond acceptors (Lipinski definition) is 5. The second kappa shape index (κ2) is 5.34. The molecule has 0 saturated carbocycles. The standard InChI is InChI=1S/C13H9ClN2O4S/c14-11-10(12(18)19)21-13(16-11)20-7-2-3-8-6(5-7)1-4-9(17)15-8/h2-3,5H,1,4H2,(H,15,17)(H,18,19). The fourth-order valence-electron chi connectivity index (χ4n) is 1.98. The second-order valence-electron chi connectivity index (χ2n) is 4.37. The van der Waals surface area contributed by atoms with E-state index in [0.717, 1.165) is 22.6 Å². The van der Waals surface area contributed by atoms with Crippen LogP contribution in [0.5, 0.6) is 10.9 Å². The number of aromatic carboxylic acids is 1. The van der Waals surface area contributed by atoms with Crippen molar-refractivity contribution in [2.24, 2.45) is 0 Å². The van der Waals surface area contributed by atoms with Gasteiger partial charge < -0.3 is 15.2 Å². The molecule has 2 aromatic rings. The number of carboxylic acids is 1. The molecule has 6 nitrogen and oxygen atoms in total. The van der Waals surface area contributed by atoms with Gasteiger partial charge in [-0.05, 0) is 30.2 Å². The smallest absolute Gasteiger partial charge is 0.349 e. The number of ether oxygens (including phenoxy) is 1. The van der Waals surface area contributed by atoms with Crippen molar-refractivity contribution in [2.75, 3.05) is 5.32 Å². The largest absolute Gasteiger partial charge is 0.477 e. The summed E-state index contributed by atoms with van der Waals surface area (Å²) < 4.78 is 5.53. The molecule has 0 atom stereocenters. The Bertz CT molecular complexity index is 744. The van der Waals surface area contributed by atoms with E-state index in [0.29, 0.717) is 18.6 Å². The zero-order valence-corrected chi connectivity index (χ0v) is 12.1. The van der Waals surface area contributed by atoms with E-state index in [9.17, 15) is 9.59 Å². The van der Waals surface area contributed by atoms with E-state index in [1.54, 1.807) is 18.2 Å². The molecule has 108 valence electrons. The molecule has 1 aromatic carbocycles. The van der Waals surface area contributed by atoms with Crippen molar-refractivity contribution in [3.05, 3.63) is 33.8 Å². The maximum Gasteiger partial charge on any atom is 0.349 e. The van der Waals surface area contributed by atoms with Crippen LogP contribution in [0.15, 0.2) is 18.2 Å². The molecule has 0 radical (unpaired) electrons. The Kier molecular flexibility index (Phi) is 3.52. The van der Waals surface area contributed by atoms with Gasteiger partial charge in [0.2, 0.25) is 5.91 Å². The highest BCUT2D eigenvalue weighted by Crippen LogP contribution is 2.34. The summed E-state index contributed by atoms with van der Waals surface area (Å²) in [5, 5.41) is 11.8.